The Morgan fingerprint density at radius 2 is 0.815 bits per heavy atom. The molecule has 9 aromatic carbocycles. The molecule has 10 aromatic rings. The fourth-order valence-electron chi connectivity index (χ4n) is 7.87. The predicted octanol–water partition coefficient (Wildman–Crippen LogP) is 14.9. The normalized spacial score (nSPS) is 11.3. The average Bonchev–Trinajstić information content (AvgIpc) is 3.64. The van der Waals surface area contributed by atoms with Gasteiger partial charge in [-0.05, 0) is 92.2 Å². The molecule has 2 nitrogen and oxygen atoms in total. The van der Waals surface area contributed by atoms with Gasteiger partial charge in [-0.3, -0.25) is 0 Å². The summed E-state index contributed by atoms with van der Waals surface area (Å²) in [7, 11) is 0. The molecule has 0 atom stereocenters. The number of para-hydroxylation sites is 2. The summed E-state index contributed by atoms with van der Waals surface area (Å²) in [5.74, 6) is 0. The van der Waals surface area contributed by atoms with Crippen LogP contribution in [0.3, 0.4) is 0 Å². The van der Waals surface area contributed by atoms with Crippen molar-refractivity contribution in [2.45, 2.75) is 0 Å². The van der Waals surface area contributed by atoms with Crippen LogP contribution in [-0.4, -0.2) is 0 Å². The number of furan rings is 1. The SMILES string of the molecule is c1ccc(-c2ccc(N(c3ccc(-c4cccc5c4oc4ccccc45)cc3)c3ccc(-c4ccccc4)c(-c4cccc5ccccc45)c3)cc2)cc1. The molecule has 0 amide bonds. The molecule has 0 aliphatic carbocycles. The van der Waals surface area contributed by atoms with Crippen LogP contribution in [0.4, 0.5) is 17.1 Å². The molecule has 1 heterocycles. The molecule has 0 unspecified atom stereocenters. The summed E-state index contributed by atoms with van der Waals surface area (Å²) < 4.78 is 6.42. The second-order valence-corrected chi connectivity index (χ2v) is 13.7. The average molecular weight is 690 g/mol. The molecule has 1 aromatic heterocycles. The van der Waals surface area contributed by atoms with Crippen LogP contribution in [0.5, 0.6) is 0 Å². The summed E-state index contributed by atoms with van der Waals surface area (Å²) in [4.78, 5) is 2.36. The summed E-state index contributed by atoms with van der Waals surface area (Å²) in [5.41, 5.74) is 14.4. The first-order valence-electron chi connectivity index (χ1n) is 18.4. The highest BCUT2D eigenvalue weighted by Crippen LogP contribution is 2.44. The van der Waals surface area contributed by atoms with Crippen molar-refractivity contribution in [3.8, 4) is 44.5 Å². The van der Waals surface area contributed by atoms with Gasteiger partial charge < -0.3 is 9.32 Å². The Labute approximate surface area is 314 Å². The first-order valence-corrected chi connectivity index (χ1v) is 18.4. The van der Waals surface area contributed by atoms with Gasteiger partial charge in [-0.25, -0.2) is 0 Å². The van der Waals surface area contributed by atoms with E-state index in [1.165, 1.54) is 44.2 Å². The molecule has 254 valence electrons. The lowest BCUT2D eigenvalue weighted by Gasteiger charge is -2.27. The molecule has 0 radical (unpaired) electrons. The van der Waals surface area contributed by atoms with E-state index in [0.717, 1.165) is 50.1 Å². The quantitative estimate of drug-likeness (QED) is 0.166. The third-order valence-electron chi connectivity index (χ3n) is 10.5. The highest BCUT2D eigenvalue weighted by Gasteiger charge is 2.19. The third-order valence-corrected chi connectivity index (χ3v) is 10.5. The van der Waals surface area contributed by atoms with E-state index >= 15 is 0 Å². The van der Waals surface area contributed by atoms with Crippen LogP contribution >= 0.6 is 0 Å². The Hall–Kier alpha value is -7.16. The summed E-state index contributed by atoms with van der Waals surface area (Å²) in [6, 6.07) is 75.9. The van der Waals surface area contributed by atoms with Gasteiger partial charge in [-0.15, -0.1) is 0 Å². The minimum absolute atomic E-state index is 0.905. The van der Waals surface area contributed by atoms with Crippen molar-refractivity contribution in [2.75, 3.05) is 4.90 Å². The van der Waals surface area contributed by atoms with Crippen molar-refractivity contribution in [3.05, 3.63) is 212 Å². The standard InChI is InChI=1S/C52H35NO/c1-3-13-36(14-4-1)37-25-29-41(30-26-37)53(42-31-27-40(28-32-42)46-21-12-23-49-48-20-9-10-24-51(48)54-52(46)49)43-33-34-45(38-15-5-2-6-16-38)50(35-43)47-22-11-18-39-17-7-8-19-44(39)47/h1-35H. The number of anilines is 3. The van der Waals surface area contributed by atoms with Gasteiger partial charge in [-0.2, -0.15) is 0 Å². The van der Waals surface area contributed by atoms with Gasteiger partial charge >= 0.3 is 0 Å². The van der Waals surface area contributed by atoms with E-state index < -0.39 is 0 Å². The first kappa shape index (κ1) is 31.6. The monoisotopic (exact) mass is 689 g/mol. The molecular weight excluding hydrogens is 655 g/mol. The molecular formula is C52H35NO. The number of hydrogen-bond donors (Lipinski definition) is 0. The summed E-state index contributed by atoms with van der Waals surface area (Å²) in [6.45, 7) is 0. The number of fused-ring (bicyclic) bond motifs is 4. The Morgan fingerprint density at radius 3 is 1.57 bits per heavy atom. The van der Waals surface area contributed by atoms with Crippen LogP contribution in [0.15, 0.2) is 217 Å². The molecule has 0 N–H and O–H groups in total. The summed E-state index contributed by atoms with van der Waals surface area (Å²) in [6.07, 6.45) is 0. The Balaban J connectivity index is 1.14. The summed E-state index contributed by atoms with van der Waals surface area (Å²) >= 11 is 0. The van der Waals surface area contributed by atoms with Crippen molar-refractivity contribution >= 4 is 49.8 Å². The van der Waals surface area contributed by atoms with E-state index in [-0.39, 0.29) is 0 Å². The first-order chi connectivity index (χ1) is 26.8. The molecule has 0 spiro atoms. The minimum Gasteiger partial charge on any atom is -0.455 e. The van der Waals surface area contributed by atoms with Crippen molar-refractivity contribution in [2.24, 2.45) is 0 Å². The Kier molecular flexibility index (Phi) is 7.85. The highest BCUT2D eigenvalue weighted by molar-refractivity contribution is 6.09. The lowest BCUT2D eigenvalue weighted by molar-refractivity contribution is 0.670. The minimum atomic E-state index is 0.905. The third kappa shape index (κ3) is 5.62. The van der Waals surface area contributed by atoms with E-state index in [9.17, 15) is 0 Å². The molecule has 2 heteroatoms. The maximum Gasteiger partial charge on any atom is 0.143 e. The number of rotatable bonds is 7. The van der Waals surface area contributed by atoms with E-state index in [2.05, 4.69) is 205 Å². The van der Waals surface area contributed by atoms with Gasteiger partial charge in [0.15, 0.2) is 0 Å². The van der Waals surface area contributed by atoms with Crippen LogP contribution in [-0.2, 0) is 0 Å². The van der Waals surface area contributed by atoms with Crippen LogP contribution in [0, 0.1) is 0 Å². The highest BCUT2D eigenvalue weighted by atomic mass is 16.3. The molecule has 0 saturated heterocycles. The molecule has 0 saturated carbocycles. The lowest BCUT2D eigenvalue weighted by atomic mass is 9.90. The molecule has 54 heavy (non-hydrogen) atoms. The Bertz CT molecular complexity index is 2900. The van der Waals surface area contributed by atoms with Gasteiger partial charge in [-0.1, -0.05) is 170 Å². The maximum absolute atomic E-state index is 6.42. The van der Waals surface area contributed by atoms with E-state index in [0.29, 0.717) is 0 Å². The lowest BCUT2D eigenvalue weighted by Crippen LogP contribution is -2.10. The molecule has 0 aliphatic rings. The topological polar surface area (TPSA) is 16.4 Å². The fraction of sp³-hybridized carbons (Fsp3) is 0. The summed E-state index contributed by atoms with van der Waals surface area (Å²) in [5, 5.41) is 4.73. The van der Waals surface area contributed by atoms with Crippen LogP contribution in [0.1, 0.15) is 0 Å². The van der Waals surface area contributed by atoms with Gasteiger partial charge in [0.2, 0.25) is 0 Å². The maximum atomic E-state index is 6.42. The zero-order valence-corrected chi connectivity index (χ0v) is 29.6. The van der Waals surface area contributed by atoms with Crippen LogP contribution in [0.2, 0.25) is 0 Å². The number of hydrogen-bond acceptors (Lipinski definition) is 2. The second kappa shape index (κ2) is 13.4. The van der Waals surface area contributed by atoms with Crippen molar-refractivity contribution in [1.29, 1.82) is 0 Å². The van der Waals surface area contributed by atoms with Gasteiger partial charge in [0.1, 0.15) is 11.2 Å². The second-order valence-electron chi connectivity index (χ2n) is 13.7. The molecule has 0 fully saturated rings. The Morgan fingerprint density at radius 1 is 0.296 bits per heavy atom. The smallest absolute Gasteiger partial charge is 0.143 e. The predicted molar refractivity (Wildman–Crippen MR) is 228 cm³/mol. The van der Waals surface area contributed by atoms with E-state index in [1.54, 1.807) is 0 Å². The molecule has 0 bridgehead atoms. The van der Waals surface area contributed by atoms with Crippen molar-refractivity contribution in [1.82, 2.24) is 0 Å². The van der Waals surface area contributed by atoms with Crippen molar-refractivity contribution < 1.29 is 4.42 Å². The fourth-order valence-corrected chi connectivity index (χ4v) is 7.87. The largest absolute Gasteiger partial charge is 0.455 e. The number of benzene rings is 9. The van der Waals surface area contributed by atoms with Gasteiger partial charge in [0.25, 0.3) is 0 Å². The van der Waals surface area contributed by atoms with Crippen molar-refractivity contribution in [3.63, 3.8) is 0 Å². The van der Waals surface area contributed by atoms with E-state index in [1.807, 2.05) is 12.1 Å². The molecule has 0 aliphatic heterocycles. The van der Waals surface area contributed by atoms with Gasteiger partial charge in [0.05, 0.1) is 0 Å². The zero-order valence-electron chi connectivity index (χ0n) is 29.6. The van der Waals surface area contributed by atoms with Crippen LogP contribution < -0.4 is 4.90 Å². The zero-order chi connectivity index (χ0) is 35.8. The molecule has 10 rings (SSSR count). The van der Waals surface area contributed by atoms with E-state index in [4.69, 9.17) is 4.42 Å². The van der Waals surface area contributed by atoms with Gasteiger partial charge in [0, 0.05) is 33.4 Å². The van der Waals surface area contributed by atoms with Crippen LogP contribution in [0.25, 0.3) is 77.2 Å². The number of nitrogens with zero attached hydrogens (tertiary/aromatic N) is 1.